The van der Waals surface area contributed by atoms with Gasteiger partial charge in [0, 0.05) is 11.9 Å². The number of hydrogen-bond acceptors (Lipinski definition) is 6. The van der Waals surface area contributed by atoms with Crippen molar-refractivity contribution < 1.29 is 0 Å². The zero-order valence-electron chi connectivity index (χ0n) is 11.6. The summed E-state index contributed by atoms with van der Waals surface area (Å²) >= 11 is 3.06. The highest BCUT2D eigenvalue weighted by molar-refractivity contribution is 7.11. The van der Waals surface area contributed by atoms with Gasteiger partial charge in [-0.2, -0.15) is 4.37 Å². The van der Waals surface area contributed by atoms with Gasteiger partial charge < -0.3 is 11.1 Å². The van der Waals surface area contributed by atoms with Crippen LogP contribution in [-0.4, -0.2) is 15.9 Å². The molecule has 0 aliphatic carbocycles. The summed E-state index contributed by atoms with van der Waals surface area (Å²) in [6, 6.07) is 0. The van der Waals surface area contributed by atoms with Crippen molar-refractivity contribution >= 4 is 33.7 Å². The molecule has 0 saturated heterocycles. The number of aryl methyl sites for hydroxylation is 1. The molecule has 0 radical (unpaired) electrons. The van der Waals surface area contributed by atoms with Crippen LogP contribution in [0.25, 0.3) is 11.3 Å². The summed E-state index contributed by atoms with van der Waals surface area (Å²) in [4.78, 5) is 4.51. The predicted molar refractivity (Wildman–Crippen MR) is 84.9 cm³/mol. The van der Waals surface area contributed by atoms with E-state index in [2.05, 4.69) is 28.5 Å². The van der Waals surface area contributed by atoms with Gasteiger partial charge in [0.25, 0.3) is 0 Å². The number of thiazole rings is 1. The van der Waals surface area contributed by atoms with E-state index in [1.807, 2.05) is 12.3 Å². The van der Waals surface area contributed by atoms with Crippen LogP contribution in [-0.2, 0) is 0 Å². The molecule has 0 bridgehead atoms. The Morgan fingerprint density at radius 1 is 1.37 bits per heavy atom. The Labute approximate surface area is 122 Å². The molecule has 4 nitrogen and oxygen atoms in total. The lowest BCUT2D eigenvalue weighted by Crippen LogP contribution is -2.12. The molecule has 2 heterocycles. The molecular formula is C13H20N4S2. The average molecular weight is 296 g/mol. The first-order chi connectivity index (χ1) is 9.15. The fourth-order valence-corrected chi connectivity index (χ4v) is 3.30. The predicted octanol–water partition coefficient (Wildman–Crippen LogP) is 4.01. The number of aromatic nitrogens is 2. The molecule has 0 unspecified atom stereocenters. The van der Waals surface area contributed by atoms with Gasteiger partial charge in [0.1, 0.15) is 10.8 Å². The lowest BCUT2D eigenvalue weighted by molar-refractivity contribution is 0.519. The van der Waals surface area contributed by atoms with E-state index in [0.717, 1.165) is 27.8 Å². The molecule has 0 fully saturated rings. The maximum absolute atomic E-state index is 5.98. The van der Waals surface area contributed by atoms with Crippen molar-refractivity contribution in [3.63, 3.8) is 0 Å². The third-order valence-corrected chi connectivity index (χ3v) is 4.89. The van der Waals surface area contributed by atoms with Crippen LogP contribution in [0.4, 0.5) is 10.8 Å². The number of rotatable bonds is 6. The molecule has 0 aromatic carbocycles. The second-order valence-corrected chi connectivity index (χ2v) is 6.42. The summed E-state index contributed by atoms with van der Waals surface area (Å²) in [5.41, 5.74) is 7.87. The van der Waals surface area contributed by atoms with Gasteiger partial charge in [-0.3, -0.25) is 0 Å². The quantitative estimate of drug-likeness (QED) is 0.845. The highest BCUT2D eigenvalue weighted by Gasteiger charge is 2.16. The van der Waals surface area contributed by atoms with Crippen LogP contribution >= 0.6 is 22.9 Å². The molecule has 0 spiro atoms. The van der Waals surface area contributed by atoms with Crippen LogP contribution < -0.4 is 11.1 Å². The Bertz CT molecular complexity index is 528. The van der Waals surface area contributed by atoms with Crippen molar-refractivity contribution in [1.82, 2.24) is 9.36 Å². The molecule has 2 rings (SSSR count). The van der Waals surface area contributed by atoms with E-state index in [1.165, 1.54) is 24.4 Å². The first-order valence-corrected chi connectivity index (χ1v) is 8.22. The van der Waals surface area contributed by atoms with Crippen LogP contribution in [0, 0.1) is 12.8 Å². The van der Waals surface area contributed by atoms with Crippen LogP contribution in [0.2, 0.25) is 0 Å². The smallest absolute Gasteiger partial charge is 0.148 e. The monoisotopic (exact) mass is 296 g/mol. The third-order valence-electron chi connectivity index (χ3n) is 3.30. The fourth-order valence-electron chi connectivity index (χ4n) is 1.96. The minimum atomic E-state index is 0.572. The Balaban J connectivity index is 2.18. The summed E-state index contributed by atoms with van der Waals surface area (Å²) in [5.74, 6) is 1.26. The van der Waals surface area contributed by atoms with Gasteiger partial charge in [-0.25, -0.2) is 4.98 Å². The van der Waals surface area contributed by atoms with Crippen LogP contribution in [0.5, 0.6) is 0 Å². The molecule has 0 amide bonds. The van der Waals surface area contributed by atoms with E-state index in [-0.39, 0.29) is 0 Å². The molecule has 3 N–H and O–H groups in total. The zero-order chi connectivity index (χ0) is 13.8. The van der Waals surface area contributed by atoms with Crippen LogP contribution in [0.1, 0.15) is 31.7 Å². The number of nitrogens with zero attached hydrogens (tertiary/aromatic N) is 2. The van der Waals surface area contributed by atoms with Crippen LogP contribution in [0.3, 0.4) is 0 Å². The van der Waals surface area contributed by atoms with E-state index in [1.54, 1.807) is 11.3 Å². The van der Waals surface area contributed by atoms with E-state index in [9.17, 15) is 0 Å². The maximum atomic E-state index is 5.98. The number of nitrogens with two attached hydrogens (primary N) is 1. The minimum absolute atomic E-state index is 0.572. The van der Waals surface area contributed by atoms with Gasteiger partial charge in [-0.15, -0.1) is 11.3 Å². The first kappa shape index (κ1) is 14.3. The summed E-state index contributed by atoms with van der Waals surface area (Å²) in [6.45, 7) is 7.41. The van der Waals surface area contributed by atoms with Crippen molar-refractivity contribution in [2.45, 2.75) is 33.6 Å². The average Bonchev–Trinajstić information content (AvgIpc) is 2.97. The van der Waals surface area contributed by atoms with Crippen molar-refractivity contribution in [1.29, 1.82) is 0 Å². The van der Waals surface area contributed by atoms with Crippen molar-refractivity contribution in [2.24, 2.45) is 5.92 Å². The first-order valence-electron chi connectivity index (χ1n) is 6.57. The summed E-state index contributed by atoms with van der Waals surface area (Å²) in [5, 5.41) is 7.61. The maximum Gasteiger partial charge on any atom is 0.148 e. The molecule has 0 atom stereocenters. The lowest BCUT2D eigenvalue weighted by atomic mass is 10.0. The highest BCUT2D eigenvalue weighted by Crippen LogP contribution is 2.37. The minimum Gasteiger partial charge on any atom is -0.382 e. The number of hydrogen-bond donors (Lipinski definition) is 2. The second-order valence-electron chi connectivity index (χ2n) is 4.59. The molecule has 6 heteroatoms. The van der Waals surface area contributed by atoms with Gasteiger partial charge in [0.2, 0.25) is 0 Å². The third kappa shape index (κ3) is 3.25. The van der Waals surface area contributed by atoms with Gasteiger partial charge in [0.15, 0.2) is 0 Å². The Morgan fingerprint density at radius 3 is 2.68 bits per heavy atom. The van der Waals surface area contributed by atoms with Gasteiger partial charge in [0.05, 0.1) is 16.3 Å². The topological polar surface area (TPSA) is 63.8 Å². The Hall–Kier alpha value is -1.14. The van der Waals surface area contributed by atoms with Crippen molar-refractivity contribution in [3.05, 3.63) is 10.4 Å². The fraction of sp³-hybridized carbons (Fsp3) is 0.538. The Morgan fingerprint density at radius 2 is 2.11 bits per heavy atom. The van der Waals surface area contributed by atoms with Crippen molar-refractivity contribution in [2.75, 3.05) is 17.6 Å². The Kier molecular flexibility index (Phi) is 4.76. The number of nitrogen functional groups attached to an aromatic ring is 1. The number of nitrogens with one attached hydrogen (secondary N) is 1. The largest absolute Gasteiger partial charge is 0.382 e. The summed E-state index contributed by atoms with van der Waals surface area (Å²) < 4.78 is 4.25. The molecule has 0 aliphatic rings. The number of anilines is 2. The molecule has 0 saturated carbocycles. The molecule has 2 aromatic rings. The zero-order valence-corrected chi connectivity index (χ0v) is 13.2. The standard InChI is InChI=1S/C13H20N4S2/c1-4-9(5-2)6-15-13-11(12(14)17-19-13)10-7-18-8(3)16-10/h7,9,15H,4-6H2,1-3H3,(H2,14,17). The molecule has 0 aliphatic heterocycles. The SMILES string of the molecule is CCC(CC)CNc1snc(N)c1-c1csc(C)n1. The van der Waals surface area contributed by atoms with Gasteiger partial charge in [-0.1, -0.05) is 26.7 Å². The van der Waals surface area contributed by atoms with Gasteiger partial charge >= 0.3 is 0 Å². The van der Waals surface area contributed by atoms with E-state index < -0.39 is 0 Å². The van der Waals surface area contributed by atoms with E-state index in [0.29, 0.717) is 11.7 Å². The molecule has 19 heavy (non-hydrogen) atoms. The normalized spacial score (nSPS) is 11.2. The molecular weight excluding hydrogens is 276 g/mol. The lowest BCUT2D eigenvalue weighted by Gasteiger charge is -2.13. The molecule has 2 aromatic heterocycles. The summed E-state index contributed by atoms with van der Waals surface area (Å²) in [6.07, 6.45) is 2.37. The van der Waals surface area contributed by atoms with Crippen molar-refractivity contribution in [3.8, 4) is 11.3 Å². The highest BCUT2D eigenvalue weighted by atomic mass is 32.1. The van der Waals surface area contributed by atoms with Crippen LogP contribution in [0.15, 0.2) is 5.38 Å². The van der Waals surface area contributed by atoms with E-state index in [4.69, 9.17) is 5.73 Å². The van der Waals surface area contributed by atoms with Gasteiger partial charge in [-0.05, 0) is 24.4 Å². The molecule has 104 valence electrons. The second kappa shape index (κ2) is 6.34. The van der Waals surface area contributed by atoms with E-state index >= 15 is 0 Å². The summed E-state index contributed by atoms with van der Waals surface area (Å²) in [7, 11) is 0.